The van der Waals surface area contributed by atoms with Crippen LogP contribution >= 0.6 is 12.2 Å². The van der Waals surface area contributed by atoms with Crippen LogP contribution in [0.4, 0.5) is 0 Å². The lowest BCUT2D eigenvalue weighted by atomic mass is 10.3. The van der Waals surface area contributed by atoms with Gasteiger partial charge in [0.2, 0.25) is 0 Å². The van der Waals surface area contributed by atoms with Gasteiger partial charge in [0.1, 0.15) is 0 Å². The number of methoxy groups -OCH3 is 1. The van der Waals surface area contributed by atoms with Crippen LogP contribution in [0, 0.1) is 0 Å². The second kappa shape index (κ2) is 6.73. The van der Waals surface area contributed by atoms with E-state index in [2.05, 4.69) is 4.74 Å². The highest BCUT2D eigenvalue weighted by Gasteiger charge is 2.13. The van der Waals surface area contributed by atoms with Crippen molar-refractivity contribution >= 4 is 23.2 Å². The molecule has 0 heterocycles. The molecule has 5 heteroatoms. The minimum atomic E-state index is -0.235. The number of nitrogens with two attached hydrogens (primary N) is 1. The van der Waals surface area contributed by atoms with Crippen molar-refractivity contribution in [2.75, 3.05) is 20.2 Å². The summed E-state index contributed by atoms with van der Waals surface area (Å²) in [5, 5.41) is 0. The van der Waals surface area contributed by atoms with Crippen LogP contribution in [0.15, 0.2) is 0 Å². The number of carbonyl (C=O) groups excluding carboxylic acids is 1. The lowest BCUT2D eigenvalue weighted by molar-refractivity contribution is -0.142. The van der Waals surface area contributed by atoms with Crippen LogP contribution in [0.1, 0.15) is 20.3 Å². The van der Waals surface area contributed by atoms with Crippen molar-refractivity contribution in [3.8, 4) is 0 Å². The summed E-state index contributed by atoms with van der Waals surface area (Å²) >= 11 is 4.78. The highest BCUT2D eigenvalue weighted by molar-refractivity contribution is 7.80. The summed E-state index contributed by atoms with van der Waals surface area (Å²) in [4.78, 5) is 13.5. The molecular weight excluding hydrogens is 200 g/mol. The molecule has 0 atom stereocenters. The first kappa shape index (κ1) is 13.3. The summed E-state index contributed by atoms with van der Waals surface area (Å²) in [6, 6.07) is 0.281. The Morgan fingerprint density at radius 1 is 1.57 bits per heavy atom. The second-order valence-electron chi connectivity index (χ2n) is 3.36. The SMILES string of the molecule is COC(=O)CN(CCC(N)=S)C(C)C. The number of thiocarbonyl (C=S) groups is 1. The highest BCUT2D eigenvalue weighted by Crippen LogP contribution is 2.00. The molecule has 0 aromatic heterocycles. The molecule has 2 N–H and O–H groups in total. The number of ether oxygens (including phenoxy) is 1. The van der Waals surface area contributed by atoms with Crippen LogP contribution < -0.4 is 5.73 Å². The fourth-order valence-corrected chi connectivity index (χ4v) is 1.10. The smallest absolute Gasteiger partial charge is 0.319 e. The monoisotopic (exact) mass is 218 g/mol. The van der Waals surface area contributed by atoms with Gasteiger partial charge < -0.3 is 10.5 Å². The van der Waals surface area contributed by atoms with Gasteiger partial charge in [0.05, 0.1) is 18.6 Å². The molecule has 0 aliphatic heterocycles. The Morgan fingerprint density at radius 2 is 2.14 bits per heavy atom. The van der Waals surface area contributed by atoms with E-state index >= 15 is 0 Å². The van der Waals surface area contributed by atoms with E-state index in [1.165, 1.54) is 7.11 Å². The van der Waals surface area contributed by atoms with Crippen LogP contribution in [0.5, 0.6) is 0 Å². The first-order valence-corrected chi connectivity index (χ1v) is 4.97. The third-order valence-corrected chi connectivity index (χ3v) is 2.14. The van der Waals surface area contributed by atoms with E-state index in [1.807, 2.05) is 18.7 Å². The zero-order chi connectivity index (χ0) is 11.1. The molecule has 0 spiro atoms. The molecule has 0 saturated carbocycles. The maximum atomic E-state index is 11.0. The van der Waals surface area contributed by atoms with Crippen molar-refractivity contribution < 1.29 is 9.53 Å². The number of hydrogen-bond donors (Lipinski definition) is 1. The average Bonchev–Trinajstić information content (AvgIpc) is 2.10. The second-order valence-corrected chi connectivity index (χ2v) is 3.88. The number of carbonyl (C=O) groups is 1. The Kier molecular flexibility index (Phi) is 6.40. The number of esters is 1. The maximum absolute atomic E-state index is 11.0. The molecule has 4 nitrogen and oxygen atoms in total. The van der Waals surface area contributed by atoms with Crippen molar-refractivity contribution in [1.29, 1.82) is 0 Å². The Morgan fingerprint density at radius 3 is 2.50 bits per heavy atom. The maximum Gasteiger partial charge on any atom is 0.319 e. The normalized spacial score (nSPS) is 10.6. The van der Waals surface area contributed by atoms with Gasteiger partial charge in [0.15, 0.2) is 0 Å². The summed E-state index contributed by atoms with van der Waals surface area (Å²) in [6.45, 7) is 5.02. The Bertz CT molecular complexity index is 207. The summed E-state index contributed by atoms with van der Waals surface area (Å²) in [6.07, 6.45) is 0.629. The summed E-state index contributed by atoms with van der Waals surface area (Å²) < 4.78 is 4.59. The van der Waals surface area contributed by atoms with Crippen LogP contribution in [0.2, 0.25) is 0 Å². The molecule has 0 unspecified atom stereocenters. The molecule has 0 aliphatic rings. The van der Waals surface area contributed by atoms with Gasteiger partial charge >= 0.3 is 5.97 Å². The van der Waals surface area contributed by atoms with Crippen molar-refractivity contribution in [2.24, 2.45) is 5.73 Å². The van der Waals surface area contributed by atoms with Gasteiger partial charge in [0, 0.05) is 19.0 Å². The average molecular weight is 218 g/mol. The van der Waals surface area contributed by atoms with Gasteiger partial charge in [-0.3, -0.25) is 9.69 Å². The molecule has 0 aliphatic carbocycles. The zero-order valence-electron chi connectivity index (χ0n) is 8.95. The molecule has 0 radical (unpaired) electrons. The minimum Gasteiger partial charge on any atom is -0.468 e. The van der Waals surface area contributed by atoms with Crippen molar-refractivity contribution in [3.05, 3.63) is 0 Å². The summed E-state index contributed by atoms with van der Waals surface area (Å²) in [7, 11) is 1.38. The molecule has 0 saturated heterocycles. The van der Waals surface area contributed by atoms with E-state index in [0.717, 1.165) is 0 Å². The van der Waals surface area contributed by atoms with Gasteiger partial charge in [-0.2, -0.15) is 0 Å². The largest absolute Gasteiger partial charge is 0.468 e. The quantitative estimate of drug-likeness (QED) is 0.521. The zero-order valence-corrected chi connectivity index (χ0v) is 9.76. The van der Waals surface area contributed by atoms with Crippen molar-refractivity contribution in [1.82, 2.24) is 4.90 Å². The van der Waals surface area contributed by atoms with Gasteiger partial charge in [-0.1, -0.05) is 12.2 Å². The predicted octanol–water partition coefficient (Wildman–Crippen LogP) is 0.546. The Labute approximate surface area is 90.4 Å². The molecule has 0 aromatic carbocycles. The number of hydrogen-bond acceptors (Lipinski definition) is 4. The number of nitrogens with zero attached hydrogens (tertiary/aromatic N) is 1. The molecule has 0 aromatic rings. The minimum absolute atomic E-state index is 0.235. The molecule has 0 amide bonds. The first-order valence-electron chi connectivity index (χ1n) is 4.56. The van der Waals surface area contributed by atoms with Gasteiger partial charge in [0.25, 0.3) is 0 Å². The third-order valence-electron chi connectivity index (χ3n) is 1.94. The topological polar surface area (TPSA) is 55.6 Å². The molecule has 14 heavy (non-hydrogen) atoms. The molecule has 0 rings (SSSR count). The van der Waals surface area contributed by atoms with E-state index in [0.29, 0.717) is 18.0 Å². The number of rotatable bonds is 6. The van der Waals surface area contributed by atoms with Crippen LogP contribution in [-0.4, -0.2) is 42.1 Å². The molecule has 0 fully saturated rings. The standard InChI is InChI=1S/C9H18N2O2S/c1-7(2)11(5-4-8(10)14)6-9(12)13-3/h7H,4-6H2,1-3H3,(H2,10,14). The fourth-order valence-electron chi connectivity index (χ4n) is 1.00. The molecule has 0 bridgehead atoms. The summed E-state index contributed by atoms with van der Waals surface area (Å²) in [5.74, 6) is -0.235. The van der Waals surface area contributed by atoms with E-state index in [1.54, 1.807) is 0 Å². The summed E-state index contributed by atoms with van der Waals surface area (Å²) in [5.41, 5.74) is 5.39. The lowest BCUT2D eigenvalue weighted by Crippen LogP contribution is -2.38. The van der Waals surface area contributed by atoms with E-state index < -0.39 is 0 Å². The predicted molar refractivity (Wildman–Crippen MR) is 60.1 cm³/mol. The third kappa shape index (κ3) is 5.88. The molecular formula is C9H18N2O2S. The van der Waals surface area contributed by atoms with Gasteiger partial charge in [-0.05, 0) is 13.8 Å². The van der Waals surface area contributed by atoms with E-state index in [-0.39, 0.29) is 18.6 Å². The van der Waals surface area contributed by atoms with Crippen molar-refractivity contribution in [3.63, 3.8) is 0 Å². The van der Waals surface area contributed by atoms with Gasteiger partial charge in [-0.15, -0.1) is 0 Å². The van der Waals surface area contributed by atoms with E-state index in [9.17, 15) is 4.79 Å². The fraction of sp³-hybridized carbons (Fsp3) is 0.778. The Hall–Kier alpha value is -0.680. The molecule has 82 valence electrons. The van der Waals surface area contributed by atoms with E-state index in [4.69, 9.17) is 18.0 Å². The van der Waals surface area contributed by atoms with Gasteiger partial charge in [-0.25, -0.2) is 0 Å². The first-order chi connectivity index (χ1) is 6.47. The highest BCUT2D eigenvalue weighted by atomic mass is 32.1. The van der Waals surface area contributed by atoms with Crippen molar-refractivity contribution in [2.45, 2.75) is 26.3 Å². The van der Waals surface area contributed by atoms with Crippen LogP contribution in [0.25, 0.3) is 0 Å². The van der Waals surface area contributed by atoms with Crippen LogP contribution in [0.3, 0.4) is 0 Å². The van der Waals surface area contributed by atoms with Crippen LogP contribution in [-0.2, 0) is 9.53 Å². The lowest BCUT2D eigenvalue weighted by Gasteiger charge is -2.24. The Balaban J connectivity index is 4.02.